The Kier molecular flexibility index (Phi) is 3.84. The molecule has 5 nitrogen and oxygen atoms in total. The van der Waals surface area contributed by atoms with E-state index in [1.807, 2.05) is 23.4 Å². The highest BCUT2D eigenvalue weighted by Crippen LogP contribution is 2.24. The first-order chi connectivity index (χ1) is 9.74. The van der Waals surface area contributed by atoms with Crippen molar-refractivity contribution in [3.63, 3.8) is 0 Å². The number of rotatable bonds is 4. The van der Waals surface area contributed by atoms with Crippen molar-refractivity contribution >= 4 is 17.2 Å². The van der Waals surface area contributed by atoms with Crippen LogP contribution in [0.5, 0.6) is 0 Å². The molecular formula is C14H17N3O2S. The summed E-state index contributed by atoms with van der Waals surface area (Å²) in [5, 5.41) is 6.12. The molecule has 0 spiro atoms. The zero-order chi connectivity index (χ0) is 13.9. The number of hydrogen-bond donors (Lipinski definition) is 1. The summed E-state index contributed by atoms with van der Waals surface area (Å²) in [7, 11) is 1.88. The normalized spacial score (nSPS) is 18.4. The molecule has 3 rings (SSSR count). The van der Waals surface area contributed by atoms with E-state index in [0.29, 0.717) is 12.5 Å². The zero-order valence-corrected chi connectivity index (χ0v) is 12.2. The molecule has 106 valence electrons. The first kappa shape index (κ1) is 13.3. The van der Waals surface area contributed by atoms with Gasteiger partial charge in [-0.25, -0.2) is 4.98 Å². The van der Waals surface area contributed by atoms with Crippen molar-refractivity contribution in [2.24, 2.45) is 0 Å². The van der Waals surface area contributed by atoms with Gasteiger partial charge in [0.15, 0.2) is 0 Å². The van der Waals surface area contributed by atoms with E-state index in [9.17, 15) is 4.79 Å². The van der Waals surface area contributed by atoms with Crippen molar-refractivity contribution in [1.29, 1.82) is 0 Å². The Morgan fingerprint density at radius 2 is 2.55 bits per heavy atom. The third kappa shape index (κ3) is 2.76. The summed E-state index contributed by atoms with van der Waals surface area (Å²) in [6.45, 7) is 1.88. The number of nitrogens with zero attached hydrogens (tertiary/aromatic N) is 2. The summed E-state index contributed by atoms with van der Waals surface area (Å²) in [5.74, 6) is 0.128. The smallest absolute Gasteiger partial charge is 0.228 e. The average molecular weight is 291 g/mol. The van der Waals surface area contributed by atoms with Gasteiger partial charge in [-0.15, -0.1) is 11.3 Å². The van der Waals surface area contributed by atoms with Crippen LogP contribution in [0.4, 0.5) is 0 Å². The molecule has 1 aliphatic rings. The molecule has 2 aromatic heterocycles. The summed E-state index contributed by atoms with van der Waals surface area (Å²) in [4.78, 5) is 18.6. The largest absolute Gasteiger partial charge is 0.472 e. The van der Waals surface area contributed by atoms with Crippen LogP contribution in [0.2, 0.25) is 0 Å². The summed E-state index contributed by atoms with van der Waals surface area (Å²) >= 11 is 1.54. The number of carbonyl (C=O) groups is 1. The Hall–Kier alpha value is -1.66. The third-order valence-electron chi connectivity index (χ3n) is 3.63. The van der Waals surface area contributed by atoms with Crippen LogP contribution in [0, 0.1) is 0 Å². The van der Waals surface area contributed by atoms with Crippen LogP contribution in [0.3, 0.4) is 0 Å². The Labute approximate surface area is 121 Å². The van der Waals surface area contributed by atoms with Crippen molar-refractivity contribution in [2.45, 2.75) is 18.9 Å². The Bertz CT molecular complexity index is 573. The summed E-state index contributed by atoms with van der Waals surface area (Å²) in [5.41, 5.74) is 1.79. The predicted molar refractivity (Wildman–Crippen MR) is 77.6 cm³/mol. The molecule has 0 aliphatic carbocycles. The molecule has 20 heavy (non-hydrogen) atoms. The minimum Gasteiger partial charge on any atom is -0.472 e. The van der Waals surface area contributed by atoms with Gasteiger partial charge in [0.2, 0.25) is 5.91 Å². The van der Waals surface area contributed by atoms with E-state index in [1.165, 1.54) is 11.3 Å². The van der Waals surface area contributed by atoms with Gasteiger partial charge in [0.25, 0.3) is 0 Å². The van der Waals surface area contributed by atoms with E-state index >= 15 is 0 Å². The molecule has 0 aromatic carbocycles. The van der Waals surface area contributed by atoms with Crippen molar-refractivity contribution in [3.05, 3.63) is 29.7 Å². The van der Waals surface area contributed by atoms with Crippen molar-refractivity contribution in [2.75, 3.05) is 20.1 Å². The summed E-state index contributed by atoms with van der Waals surface area (Å²) in [6, 6.07) is 2.19. The average Bonchev–Trinajstić information content (AvgIpc) is 3.19. The van der Waals surface area contributed by atoms with Gasteiger partial charge in [-0.3, -0.25) is 4.79 Å². The lowest BCUT2D eigenvalue weighted by atomic mass is 10.2. The van der Waals surface area contributed by atoms with Gasteiger partial charge in [0.1, 0.15) is 11.3 Å². The van der Waals surface area contributed by atoms with Crippen LogP contribution in [-0.4, -0.2) is 42.0 Å². The first-order valence-corrected chi connectivity index (χ1v) is 7.55. The van der Waals surface area contributed by atoms with Gasteiger partial charge in [0.05, 0.1) is 18.4 Å². The number of thiazole rings is 1. The van der Waals surface area contributed by atoms with E-state index in [4.69, 9.17) is 4.42 Å². The highest BCUT2D eigenvalue weighted by molar-refractivity contribution is 7.13. The van der Waals surface area contributed by atoms with E-state index in [-0.39, 0.29) is 5.91 Å². The maximum Gasteiger partial charge on any atom is 0.228 e. The highest BCUT2D eigenvalue weighted by atomic mass is 32.1. The Balaban J connectivity index is 1.64. The number of hydrogen-bond acceptors (Lipinski definition) is 5. The number of likely N-dealkylation sites (N-methyl/N-ethyl adjacent to an activating group) is 1. The minimum absolute atomic E-state index is 0.128. The zero-order valence-electron chi connectivity index (χ0n) is 11.3. The molecule has 1 N–H and O–H groups in total. The van der Waals surface area contributed by atoms with Gasteiger partial charge in [-0.1, -0.05) is 0 Å². The maximum atomic E-state index is 12.2. The summed E-state index contributed by atoms with van der Waals surface area (Å²) < 4.78 is 5.05. The van der Waals surface area contributed by atoms with Crippen LogP contribution < -0.4 is 5.32 Å². The molecule has 1 saturated heterocycles. The van der Waals surface area contributed by atoms with Gasteiger partial charge < -0.3 is 14.6 Å². The molecule has 6 heteroatoms. The molecule has 1 atom stereocenters. The molecule has 0 saturated carbocycles. The predicted octanol–water partition coefficient (Wildman–Crippen LogP) is 1.77. The second-order valence-corrected chi connectivity index (χ2v) is 5.84. The highest BCUT2D eigenvalue weighted by Gasteiger charge is 2.23. The molecule has 0 radical (unpaired) electrons. The summed E-state index contributed by atoms with van der Waals surface area (Å²) in [6.07, 6.45) is 4.68. The van der Waals surface area contributed by atoms with Gasteiger partial charge in [0, 0.05) is 30.6 Å². The first-order valence-electron chi connectivity index (χ1n) is 6.67. The van der Waals surface area contributed by atoms with Crippen LogP contribution in [0.25, 0.3) is 10.6 Å². The number of furan rings is 1. The molecular weight excluding hydrogens is 274 g/mol. The van der Waals surface area contributed by atoms with E-state index in [2.05, 4.69) is 10.3 Å². The lowest BCUT2D eigenvalue weighted by molar-refractivity contribution is -0.130. The SMILES string of the molecule is CN(C(=O)Cc1csc(-c2ccoc2)n1)C1CCNC1. The fourth-order valence-corrected chi connectivity index (χ4v) is 3.17. The van der Waals surface area contributed by atoms with Crippen molar-refractivity contribution < 1.29 is 9.21 Å². The lowest BCUT2D eigenvalue weighted by Gasteiger charge is -2.23. The molecule has 2 aromatic rings. The quantitative estimate of drug-likeness (QED) is 0.932. The standard InChI is InChI=1S/C14H17N3O2S/c1-17(12-2-4-15-7-12)13(18)6-11-9-20-14(16-11)10-3-5-19-8-10/h3,5,8-9,12,15H,2,4,6-7H2,1H3. The van der Waals surface area contributed by atoms with Gasteiger partial charge in [-0.05, 0) is 19.0 Å². The molecule has 1 fully saturated rings. The second kappa shape index (κ2) is 5.76. The van der Waals surface area contributed by atoms with Crippen LogP contribution in [0.1, 0.15) is 12.1 Å². The minimum atomic E-state index is 0.128. The van der Waals surface area contributed by atoms with Crippen LogP contribution in [0.15, 0.2) is 28.4 Å². The fourth-order valence-electron chi connectivity index (χ4n) is 2.36. The number of nitrogens with one attached hydrogen (secondary N) is 1. The van der Waals surface area contributed by atoms with E-state index in [1.54, 1.807) is 12.5 Å². The lowest BCUT2D eigenvalue weighted by Crippen LogP contribution is -2.39. The molecule has 1 aliphatic heterocycles. The Morgan fingerprint density at radius 3 is 3.25 bits per heavy atom. The van der Waals surface area contributed by atoms with E-state index in [0.717, 1.165) is 35.8 Å². The molecule has 1 unspecified atom stereocenters. The maximum absolute atomic E-state index is 12.2. The number of aromatic nitrogens is 1. The molecule has 1 amide bonds. The van der Waals surface area contributed by atoms with Gasteiger partial charge >= 0.3 is 0 Å². The van der Waals surface area contributed by atoms with Crippen molar-refractivity contribution in [3.8, 4) is 10.6 Å². The number of carbonyl (C=O) groups excluding carboxylic acids is 1. The number of amides is 1. The van der Waals surface area contributed by atoms with Crippen LogP contribution >= 0.6 is 11.3 Å². The molecule has 0 bridgehead atoms. The Morgan fingerprint density at radius 1 is 1.65 bits per heavy atom. The third-order valence-corrected chi connectivity index (χ3v) is 4.57. The van der Waals surface area contributed by atoms with Gasteiger partial charge in [-0.2, -0.15) is 0 Å². The monoisotopic (exact) mass is 291 g/mol. The topological polar surface area (TPSA) is 58.4 Å². The van der Waals surface area contributed by atoms with E-state index < -0.39 is 0 Å². The van der Waals surface area contributed by atoms with Crippen molar-refractivity contribution in [1.82, 2.24) is 15.2 Å². The fraction of sp³-hybridized carbons (Fsp3) is 0.429. The van der Waals surface area contributed by atoms with Crippen LogP contribution in [-0.2, 0) is 11.2 Å². The molecule has 3 heterocycles. The second-order valence-electron chi connectivity index (χ2n) is 4.98.